The van der Waals surface area contributed by atoms with E-state index in [9.17, 15) is 4.39 Å². The number of rotatable bonds is 4. The summed E-state index contributed by atoms with van der Waals surface area (Å²) in [6, 6.07) is 12.3. The van der Waals surface area contributed by atoms with Crippen LogP contribution in [0.3, 0.4) is 0 Å². The fourth-order valence-electron chi connectivity index (χ4n) is 2.09. The standard InChI is InChI=1S/C16H18FNO/c1-11-7-12(2)9-15(8-11)19-16(10-18)13-3-5-14(17)6-4-13/h3-9,16H,10,18H2,1-2H3. The van der Waals surface area contributed by atoms with Crippen LogP contribution in [0.15, 0.2) is 42.5 Å². The van der Waals surface area contributed by atoms with E-state index in [2.05, 4.69) is 6.07 Å². The van der Waals surface area contributed by atoms with E-state index in [-0.39, 0.29) is 11.9 Å². The van der Waals surface area contributed by atoms with E-state index >= 15 is 0 Å². The summed E-state index contributed by atoms with van der Waals surface area (Å²) in [5, 5.41) is 0. The Morgan fingerprint density at radius 3 is 2.16 bits per heavy atom. The van der Waals surface area contributed by atoms with Crippen LogP contribution in [0.2, 0.25) is 0 Å². The second kappa shape index (κ2) is 5.85. The van der Waals surface area contributed by atoms with Crippen molar-refractivity contribution in [2.45, 2.75) is 20.0 Å². The highest BCUT2D eigenvalue weighted by Gasteiger charge is 2.12. The lowest BCUT2D eigenvalue weighted by Gasteiger charge is -2.18. The maximum Gasteiger partial charge on any atom is 0.136 e. The van der Waals surface area contributed by atoms with Gasteiger partial charge in [-0.05, 0) is 54.8 Å². The first-order valence-corrected chi connectivity index (χ1v) is 6.29. The number of halogens is 1. The molecule has 2 aromatic rings. The summed E-state index contributed by atoms with van der Waals surface area (Å²) in [4.78, 5) is 0. The largest absolute Gasteiger partial charge is 0.484 e. The van der Waals surface area contributed by atoms with Crippen LogP contribution in [0.5, 0.6) is 5.75 Å². The fraction of sp³-hybridized carbons (Fsp3) is 0.250. The molecule has 0 aliphatic heterocycles. The summed E-state index contributed by atoms with van der Waals surface area (Å²) in [5.74, 6) is 0.531. The van der Waals surface area contributed by atoms with E-state index < -0.39 is 0 Å². The summed E-state index contributed by atoms with van der Waals surface area (Å²) in [6.45, 7) is 4.39. The van der Waals surface area contributed by atoms with Gasteiger partial charge >= 0.3 is 0 Å². The monoisotopic (exact) mass is 259 g/mol. The van der Waals surface area contributed by atoms with Crippen molar-refractivity contribution < 1.29 is 9.13 Å². The van der Waals surface area contributed by atoms with Gasteiger partial charge in [-0.3, -0.25) is 0 Å². The first-order chi connectivity index (χ1) is 9.08. The fourth-order valence-corrected chi connectivity index (χ4v) is 2.09. The van der Waals surface area contributed by atoms with Gasteiger partial charge in [-0.25, -0.2) is 4.39 Å². The Labute approximate surface area is 113 Å². The lowest BCUT2D eigenvalue weighted by Crippen LogP contribution is -2.18. The van der Waals surface area contributed by atoms with Gasteiger partial charge in [-0.1, -0.05) is 18.2 Å². The van der Waals surface area contributed by atoms with Crippen LogP contribution >= 0.6 is 0 Å². The number of benzene rings is 2. The number of nitrogens with two attached hydrogens (primary N) is 1. The molecule has 3 heteroatoms. The minimum absolute atomic E-state index is 0.258. The second-order valence-electron chi connectivity index (χ2n) is 4.72. The zero-order valence-corrected chi connectivity index (χ0v) is 11.2. The molecule has 0 bridgehead atoms. The highest BCUT2D eigenvalue weighted by Crippen LogP contribution is 2.23. The molecule has 2 N–H and O–H groups in total. The average molecular weight is 259 g/mol. The first-order valence-electron chi connectivity index (χ1n) is 6.29. The maximum atomic E-state index is 12.9. The molecule has 2 rings (SSSR count). The SMILES string of the molecule is Cc1cc(C)cc(OC(CN)c2ccc(F)cc2)c1. The van der Waals surface area contributed by atoms with Crippen LogP contribution in [-0.2, 0) is 0 Å². The van der Waals surface area contributed by atoms with Crippen LogP contribution in [0, 0.1) is 19.7 Å². The van der Waals surface area contributed by atoms with Gasteiger partial charge in [0.1, 0.15) is 17.7 Å². The predicted octanol–water partition coefficient (Wildman–Crippen LogP) is 3.52. The minimum Gasteiger partial charge on any atom is -0.484 e. The van der Waals surface area contributed by atoms with Gasteiger partial charge in [0.25, 0.3) is 0 Å². The molecular formula is C16H18FNO. The highest BCUT2D eigenvalue weighted by molar-refractivity contribution is 5.34. The lowest BCUT2D eigenvalue weighted by atomic mass is 10.1. The van der Waals surface area contributed by atoms with Gasteiger partial charge in [0, 0.05) is 6.54 Å². The molecule has 0 saturated heterocycles. The second-order valence-corrected chi connectivity index (χ2v) is 4.72. The molecule has 2 nitrogen and oxygen atoms in total. The number of hydrogen-bond donors (Lipinski definition) is 1. The molecule has 100 valence electrons. The number of hydrogen-bond acceptors (Lipinski definition) is 2. The first kappa shape index (κ1) is 13.6. The molecule has 0 heterocycles. The van der Waals surface area contributed by atoms with Crippen molar-refractivity contribution in [3.05, 3.63) is 65.0 Å². The molecule has 0 fully saturated rings. The zero-order chi connectivity index (χ0) is 13.8. The van der Waals surface area contributed by atoms with Crippen molar-refractivity contribution in [2.75, 3.05) is 6.54 Å². The Hall–Kier alpha value is -1.87. The topological polar surface area (TPSA) is 35.2 Å². The van der Waals surface area contributed by atoms with Crippen LogP contribution < -0.4 is 10.5 Å². The Morgan fingerprint density at radius 1 is 1.05 bits per heavy atom. The molecule has 0 aliphatic rings. The molecule has 0 spiro atoms. The summed E-state index contributed by atoms with van der Waals surface area (Å²) >= 11 is 0. The third kappa shape index (κ3) is 3.55. The van der Waals surface area contributed by atoms with E-state index in [4.69, 9.17) is 10.5 Å². The van der Waals surface area contributed by atoms with Gasteiger partial charge in [-0.15, -0.1) is 0 Å². The summed E-state index contributed by atoms with van der Waals surface area (Å²) in [7, 11) is 0. The van der Waals surface area contributed by atoms with Crippen LogP contribution in [-0.4, -0.2) is 6.54 Å². The van der Waals surface area contributed by atoms with Gasteiger partial charge in [0.2, 0.25) is 0 Å². The van der Waals surface area contributed by atoms with Gasteiger partial charge < -0.3 is 10.5 Å². The summed E-state index contributed by atoms with van der Waals surface area (Å²) in [5.41, 5.74) is 8.91. The molecule has 0 radical (unpaired) electrons. The molecular weight excluding hydrogens is 241 g/mol. The molecule has 0 saturated carbocycles. The van der Waals surface area contributed by atoms with E-state index in [1.165, 1.54) is 12.1 Å². The normalized spacial score (nSPS) is 12.2. The van der Waals surface area contributed by atoms with E-state index in [0.29, 0.717) is 6.54 Å². The van der Waals surface area contributed by atoms with E-state index in [0.717, 1.165) is 22.4 Å². The van der Waals surface area contributed by atoms with Gasteiger partial charge in [0.15, 0.2) is 0 Å². The third-order valence-electron chi connectivity index (χ3n) is 2.93. The van der Waals surface area contributed by atoms with Crippen molar-refractivity contribution >= 4 is 0 Å². The highest BCUT2D eigenvalue weighted by atomic mass is 19.1. The summed E-state index contributed by atoms with van der Waals surface area (Å²) < 4.78 is 18.8. The third-order valence-corrected chi connectivity index (χ3v) is 2.93. The van der Waals surface area contributed by atoms with Crippen LogP contribution in [0.1, 0.15) is 22.8 Å². The van der Waals surface area contributed by atoms with Crippen molar-refractivity contribution in [3.63, 3.8) is 0 Å². The molecule has 0 aliphatic carbocycles. The van der Waals surface area contributed by atoms with Gasteiger partial charge in [-0.2, -0.15) is 0 Å². The Kier molecular flexibility index (Phi) is 4.17. The Morgan fingerprint density at radius 2 is 1.63 bits per heavy atom. The smallest absolute Gasteiger partial charge is 0.136 e. The number of aryl methyl sites for hydroxylation is 2. The van der Waals surface area contributed by atoms with Crippen molar-refractivity contribution in [3.8, 4) is 5.75 Å². The molecule has 2 aromatic carbocycles. The zero-order valence-electron chi connectivity index (χ0n) is 11.2. The maximum absolute atomic E-state index is 12.9. The Balaban J connectivity index is 2.21. The molecule has 0 aromatic heterocycles. The molecule has 1 atom stereocenters. The molecule has 0 amide bonds. The van der Waals surface area contributed by atoms with E-state index in [1.807, 2.05) is 26.0 Å². The lowest BCUT2D eigenvalue weighted by molar-refractivity contribution is 0.214. The Bertz CT molecular complexity index is 531. The average Bonchev–Trinajstić information content (AvgIpc) is 2.36. The number of ether oxygens (including phenoxy) is 1. The van der Waals surface area contributed by atoms with Gasteiger partial charge in [0.05, 0.1) is 0 Å². The van der Waals surface area contributed by atoms with Crippen molar-refractivity contribution in [1.29, 1.82) is 0 Å². The van der Waals surface area contributed by atoms with E-state index in [1.54, 1.807) is 12.1 Å². The molecule has 19 heavy (non-hydrogen) atoms. The molecule has 1 unspecified atom stereocenters. The minimum atomic E-state index is -0.262. The van der Waals surface area contributed by atoms with Crippen LogP contribution in [0.25, 0.3) is 0 Å². The summed E-state index contributed by atoms with van der Waals surface area (Å²) in [6.07, 6.45) is -0.262. The van der Waals surface area contributed by atoms with Crippen LogP contribution in [0.4, 0.5) is 4.39 Å². The van der Waals surface area contributed by atoms with Crippen molar-refractivity contribution in [2.24, 2.45) is 5.73 Å². The predicted molar refractivity (Wildman–Crippen MR) is 74.7 cm³/mol. The quantitative estimate of drug-likeness (QED) is 0.911. The van der Waals surface area contributed by atoms with Crippen molar-refractivity contribution in [1.82, 2.24) is 0 Å².